The van der Waals surface area contributed by atoms with Crippen LogP contribution >= 0.6 is 0 Å². The van der Waals surface area contributed by atoms with Gasteiger partial charge in [-0.1, -0.05) is 36.4 Å². The van der Waals surface area contributed by atoms with E-state index in [4.69, 9.17) is 4.99 Å². The summed E-state index contributed by atoms with van der Waals surface area (Å²) in [5.41, 5.74) is -0.516. The van der Waals surface area contributed by atoms with Crippen LogP contribution in [0.5, 0.6) is 0 Å². The lowest BCUT2D eigenvalue weighted by molar-refractivity contribution is -0.140. The van der Waals surface area contributed by atoms with E-state index in [0.29, 0.717) is 69.1 Å². The maximum atomic E-state index is 14.2. The SMILES string of the molecule is CC1=NC(c2ccc(F)cc2)(c2ccc(F)cc2)C(=O)N1CCCN1CCC(c2ccc(C(F)(F)F)cc2)C(C(=O)N2CCN(C)CC2)C1. The number of piperidine rings is 1. The Bertz CT molecular complexity index is 1620. The van der Waals surface area contributed by atoms with Crippen molar-refractivity contribution < 1.29 is 31.5 Å². The molecule has 7 nitrogen and oxygen atoms in total. The molecule has 0 aromatic heterocycles. The highest BCUT2D eigenvalue weighted by Crippen LogP contribution is 2.41. The first-order chi connectivity index (χ1) is 23.4. The molecule has 3 aliphatic heterocycles. The van der Waals surface area contributed by atoms with Gasteiger partial charge in [-0.05, 0) is 98.9 Å². The van der Waals surface area contributed by atoms with E-state index in [9.17, 15) is 31.5 Å². The first-order valence-corrected chi connectivity index (χ1v) is 16.6. The number of hydrogen-bond donors (Lipinski definition) is 0. The van der Waals surface area contributed by atoms with E-state index >= 15 is 0 Å². The van der Waals surface area contributed by atoms with Gasteiger partial charge in [0.05, 0.1) is 11.5 Å². The quantitative estimate of drug-likeness (QED) is 0.284. The molecular formula is C37H40F5N5O2. The van der Waals surface area contributed by atoms with E-state index in [0.717, 1.165) is 30.8 Å². The van der Waals surface area contributed by atoms with Crippen LogP contribution in [0.4, 0.5) is 22.0 Å². The first kappa shape index (κ1) is 34.7. The van der Waals surface area contributed by atoms with E-state index in [-0.39, 0.29) is 17.7 Å². The third-order valence-corrected chi connectivity index (χ3v) is 10.2. The van der Waals surface area contributed by atoms with Gasteiger partial charge in [0.25, 0.3) is 5.91 Å². The minimum absolute atomic E-state index is 0.0174. The van der Waals surface area contributed by atoms with Gasteiger partial charge in [0, 0.05) is 39.3 Å². The van der Waals surface area contributed by atoms with Gasteiger partial charge in [-0.2, -0.15) is 13.2 Å². The van der Waals surface area contributed by atoms with Crippen molar-refractivity contribution in [2.45, 2.75) is 37.4 Å². The largest absolute Gasteiger partial charge is 0.416 e. The smallest absolute Gasteiger partial charge is 0.340 e. The van der Waals surface area contributed by atoms with Crippen LogP contribution in [0.2, 0.25) is 0 Å². The number of amides is 2. The molecule has 2 unspecified atom stereocenters. The van der Waals surface area contributed by atoms with Gasteiger partial charge in [0.15, 0.2) is 5.54 Å². The molecule has 6 rings (SSSR count). The van der Waals surface area contributed by atoms with Crippen LogP contribution in [0, 0.1) is 17.6 Å². The van der Waals surface area contributed by atoms with Crippen molar-refractivity contribution in [3.63, 3.8) is 0 Å². The molecule has 2 saturated heterocycles. The van der Waals surface area contributed by atoms with Crippen LogP contribution in [0.25, 0.3) is 0 Å². The number of benzene rings is 3. The fourth-order valence-electron chi connectivity index (χ4n) is 7.39. The third kappa shape index (κ3) is 7.12. The number of carbonyl (C=O) groups is 2. The second-order valence-electron chi connectivity index (χ2n) is 13.2. The zero-order chi connectivity index (χ0) is 34.9. The van der Waals surface area contributed by atoms with Crippen molar-refractivity contribution in [3.05, 3.63) is 107 Å². The number of halogens is 5. The number of rotatable bonds is 8. The number of aliphatic imine (C=N–C) groups is 1. The molecule has 2 fully saturated rings. The van der Waals surface area contributed by atoms with Crippen molar-refractivity contribution in [2.24, 2.45) is 10.9 Å². The van der Waals surface area contributed by atoms with Crippen molar-refractivity contribution in [2.75, 3.05) is 59.4 Å². The van der Waals surface area contributed by atoms with Crippen LogP contribution in [0.15, 0.2) is 77.8 Å². The number of hydrogen-bond acceptors (Lipinski definition) is 5. The number of amidine groups is 1. The van der Waals surface area contributed by atoms with E-state index in [1.54, 1.807) is 11.8 Å². The molecule has 0 N–H and O–H groups in total. The molecule has 49 heavy (non-hydrogen) atoms. The molecule has 2 amide bonds. The topological polar surface area (TPSA) is 59.5 Å². The van der Waals surface area contributed by atoms with Gasteiger partial charge in [-0.25, -0.2) is 13.8 Å². The minimum Gasteiger partial charge on any atom is -0.340 e. The molecule has 12 heteroatoms. The van der Waals surface area contributed by atoms with E-state index in [1.165, 1.54) is 60.7 Å². The Hall–Kier alpha value is -4.16. The van der Waals surface area contributed by atoms with Crippen LogP contribution in [-0.2, 0) is 21.3 Å². The summed E-state index contributed by atoms with van der Waals surface area (Å²) >= 11 is 0. The predicted octanol–water partition coefficient (Wildman–Crippen LogP) is 5.76. The predicted molar refractivity (Wildman–Crippen MR) is 176 cm³/mol. The highest BCUT2D eigenvalue weighted by atomic mass is 19.4. The lowest BCUT2D eigenvalue weighted by Gasteiger charge is -2.42. The summed E-state index contributed by atoms with van der Waals surface area (Å²) in [6.07, 6.45) is -3.26. The number of piperazine rings is 1. The second kappa shape index (κ2) is 14.0. The molecule has 260 valence electrons. The highest BCUT2D eigenvalue weighted by molar-refractivity contribution is 6.09. The number of carbonyl (C=O) groups excluding carboxylic acids is 2. The Kier molecular flexibility index (Phi) is 9.90. The molecule has 3 heterocycles. The number of alkyl halides is 3. The summed E-state index contributed by atoms with van der Waals surface area (Å²) in [5.74, 6) is -1.35. The maximum Gasteiger partial charge on any atom is 0.416 e. The van der Waals surface area contributed by atoms with Crippen molar-refractivity contribution in [3.8, 4) is 0 Å². The van der Waals surface area contributed by atoms with Crippen molar-refractivity contribution in [1.29, 1.82) is 0 Å². The first-order valence-electron chi connectivity index (χ1n) is 16.6. The third-order valence-electron chi connectivity index (χ3n) is 10.2. The molecule has 3 aliphatic rings. The van der Waals surface area contributed by atoms with Gasteiger partial charge in [-0.3, -0.25) is 14.5 Å². The maximum absolute atomic E-state index is 14.2. The lowest BCUT2D eigenvalue weighted by Crippen LogP contribution is -2.53. The molecule has 3 aromatic carbocycles. The van der Waals surface area contributed by atoms with Crippen LogP contribution in [0.3, 0.4) is 0 Å². The molecular weight excluding hydrogens is 641 g/mol. The number of likely N-dealkylation sites (N-methyl/N-ethyl adjacent to an activating group) is 1. The summed E-state index contributed by atoms with van der Waals surface area (Å²) in [6.45, 7) is 6.49. The minimum atomic E-state index is -4.44. The lowest BCUT2D eigenvalue weighted by atomic mass is 9.79. The molecule has 0 radical (unpaired) electrons. The molecule has 0 saturated carbocycles. The fraction of sp³-hybridized carbons (Fsp3) is 0.432. The second-order valence-corrected chi connectivity index (χ2v) is 13.2. The fourth-order valence-corrected chi connectivity index (χ4v) is 7.39. The normalized spacial score (nSPS) is 22.0. The Morgan fingerprint density at radius 1 is 0.837 bits per heavy atom. The van der Waals surface area contributed by atoms with Gasteiger partial charge < -0.3 is 14.7 Å². The van der Waals surface area contributed by atoms with Crippen LogP contribution in [-0.4, -0.2) is 96.7 Å². The van der Waals surface area contributed by atoms with E-state index in [2.05, 4.69) is 9.80 Å². The molecule has 0 spiro atoms. The van der Waals surface area contributed by atoms with E-state index in [1.807, 2.05) is 11.9 Å². The zero-order valence-electron chi connectivity index (χ0n) is 27.6. The average Bonchev–Trinajstić information content (AvgIpc) is 3.34. The summed E-state index contributed by atoms with van der Waals surface area (Å²) in [6, 6.07) is 16.4. The van der Waals surface area contributed by atoms with Crippen LogP contribution < -0.4 is 0 Å². The summed E-state index contributed by atoms with van der Waals surface area (Å²) in [5, 5.41) is 0. The Morgan fingerprint density at radius 3 is 1.96 bits per heavy atom. The number of nitrogens with zero attached hydrogens (tertiary/aromatic N) is 5. The van der Waals surface area contributed by atoms with Gasteiger partial charge in [0.2, 0.25) is 5.91 Å². The average molecular weight is 682 g/mol. The zero-order valence-corrected chi connectivity index (χ0v) is 27.6. The molecule has 0 aliphatic carbocycles. The standard InChI is InChI=1S/C37H40F5N5O2/c1-25-43-36(27-8-12-30(38)13-9-27,28-10-14-31(39)15-11-28)35(49)47(25)18-3-17-45-19-16-32(26-4-6-29(7-5-26)37(40,41)42)33(24-45)34(48)46-22-20-44(2)21-23-46/h4-15,32-33H,3,16-24H2,1-2H3. The molecule has 3 aromatic rings. The van der Waals surface area contributed by atoms with E-state index < -0.39 is 34.8 Å². The summed E-state index contributed by atoms with van der Waals surface area (Å²) in [7, 11) is 2.01. The Morgan fingerprint density at radius 2 is 1.41 bits per heavy atom. The van der Waals surface area contributed by atoms with Crippen molar-refractivity contribution in [1.82, 2.24) is 19.6 Å². The van der Waals surface area contributed by atoms with Gasteiger partial charge in [0.1, 0.15) is 17.5 Å². The Labute approximate surface area is 283 Å². The van der Waals surface area contributed by atoms with Crippen molar-refractivity contribution >= 4 is 17.6 Å². The summed E-state index contributed by atoms with van der Waals surface area (Å²) < 4.78 is 67.6. The van der Waals surface area contributed by atoms with Gasteiger partial charge >= 0.3 is 6.18 Å². The van der Waals surface area contributed by atoms with Gasteiger partial charge in [-0.15, -0.1) is 0 Å². The molecule has 2 atom stereocenters. The highest BCUT2D eigenvalue weighted by Gasteiger charge is 2.50. The number of likely N-dealkylation sites (tertiary alicyclic amines) is 1. The molecule has 0 bridgehead atoms. The summed E-state index contributed by atoms with van der Waals surface area (Å²) in [4.78, 5) is 40.8. The van der Waals surface area contributed by atoms with Crippen LogP contribution in [0.1, 0.15) is 47.9 Å². The monoisotopic (exact) mass is 681 g/mol. The Balaban J connectivity index is 1.17.